The Morgan fingerprint density at radius 2 is 1.89 bits per heavy atom. The standard InChI is InChI=1S/C4H11N.HO3P/c1-3-4-5-2;1-4(2)3/h5H,3-4H2,1-2H3;(H-,1,2,3)/p+1. The largest absolute Gasteiger partial charge is 0.692 e. The third-order valence-electron chi connectivity index (χ3n) is 0.500. The highest BCUT2D eigenvalue weighted by atomic mass is 31.1. The number of nitrogens with one attached hydrogen (secondary N) is 1. The SMILES string of the molecule is CCCNC.O=[P+](O)O. The van der Waals surface area contributed by atoms with E-state index in [9.17, 15) is 0 Å². The average Bonchev–Trinajstić information content (AvgIpc) is 1.66. The molecule has 56 valence electrons. The zero-order chi connectivity index (χ0) is 7.70. The summed E-state index contributed by atoms with van der Waals surface area (Å²) in [5.74, 6) is 0. The summed E-state index contributed by atoms with van der Waals surface area (Å²) in [6.45, 7) is 3.29. The van der Waals surface area contributed by atoms with Gasteiger partial charge in [0.1, 0.15) is 0 Å². The van der Waals surface area contributed by atoms with Crippen LogP contribution in [0.4, 0.5) is 0 Å². The summed E-state index contributed by atoms with van der Waals surface area (Å²) >= 11 is 0. The molecule has 0 rings (SSSR count). The van der Waals surface area contributed by atoms with Gasteiger partial charge in [-0.25, -0.2) is 0 Å². The molecule has 0 aliphatic carbocycles. The minimum Gasteiger partial charge on any atom is -0.320 e. The highest BCUT2D eigenvalue weighted by Gasteiger charge is 1.93. The van der Waals surface area contributed by atoms with Crippen LogP contribution < -0.4 is 5.32 Å². The van der Waals surface area contributed by atoms with Crippen molar-refractivity contribution < 1.29 is 14.4 Å². The Hall–Kier alpha value is -0.0200. The summed E-state index contributed by atoms with van der Waals surface area (Å²) in [6.07, 6.45) is 1.23. The molecule has 0 amide bonds. The van der Waals surface area contributed by atoms with Gasteiger partial charge in [-0.2, -0.15) is 0 Å². The summed E-state index contributed by atoms with van der Waals surface area (Å²) in [5.41, 5.74) is 0. The van der Waals surface area contributed by atoms with Crippen LogP contribution in [0, 0.1) is 0 Å². The summed E-state index contributed by atoms with van der Waals surface area (Å²) in [5, 5.41) is 3.02. The van der Waals surface area contributed by atoms with E-state index in [4.69, 9.17) is 14.4 Å². The lowest BCUT2D eigenvalue weighted by molar-refractivity contribution is 0.405. The molecule has 0 aromatic carbocycles. The van der Waals surface area contributed by atoms with Crippen molar-refractivity contribution in [2.75, 3.05) is 13.6 Å². The predicted octanol–water partition coefficient (Wildman–Crippen LogP) is 0.244. The molecular weight excluding hydrogens is 141 g/mol. The van der Waals surface area contributed by atoms with Crippen LogP contribution in [0.2, 0.25) is 0 Å². The molecule has 0 unspecified atom stereocenters. The molecule has 0 aromatic heterocycles. The van der Waals surface area contributed by atoms with Gasteiger partial charge >= 0.3 is 8.25 Å². The molecule has 0 heterocycles. The fourth-order valence-electron chi connectivity index (χ4n) is 0.250. The summed E-state index contributed by atoms with van der Waals surface area (Å²) in [6, 6.07) is 0. The maximum Gasteiger partial charge on any atom is 0.692 e. The molecule has 0 saturated heterocycles. The maximum atomic E-state index is 8.70. The predicted molar refractivity (Wildman–Crippen MR) is 36.3 cm³/mol. The van der Waals surface area contributed by atoms with Crippen molar-refractivity contribution >= 4 is 8.25 Å². The number of rotatable bonds is 2. The Kier molecular flexibility index (Phi) is 14.2. The van der Waals surface area contributed by atoms with Gasteiger partial charge in [-0.1, -0.05) is 6.92 Å². The lowest BCUT2D eigenvalue weighted by Gasteiger charge is -1.84. The molecule has 0 aliphatic heterocycles. The van der Waals surface area contributed by atoms with Gasteiger partial charge in [0, 0.05) is 4.57 Å². The van der Waals surface area contributed by atoms with Crippen molar-refractivity contribution in [1.82, 2.24) is 5.32 Å². The van der Waals surface area contributed by atoms with Gasteiger partial charge in [0.15, 0.2) is 0 Å². The van der Waals surface area contributed by atoms with E-state index in [0.29, 0.717) is 0 Å². The maximum absolute atomic E-state index is 8.70. The van der Waals surface area contributed by atoms with Crippen LogP contribution in [0.1, 0.15) is 13.3 Å². The van der Waals surface area contributed by atoms with Crippen molar-refractivity contribution in [3.63, 3.8) is 0 Å². The smallest absolute Gasteiger partial charge is 0.320 e. The Balaban J connectivity index is 0. The van der Waals surface area contributed by atoms with E-state index >= 15 is 0 Å². The fourth-order valence-corrected chi connectivity index (χ4v) is 0.250. The van der Waals surface area contributed by atoms with Gasteiger partial charge in [0.2, 0.25) is 0 Å². The summed E-state index contributed by atoms with van der Waals surface area (Å²) < 4.78 is 8.70. The fraction of sp³-hybridized carbons (Fsp3) is 1.00. The molecule has 0 saturated carbocycles. The second kappa shape index (κ2) is 10.9. The van der Waals surface area contributed by atoms with Crippen molar-refractivity contribution in [3.8, 4) is 0 Å². The molecule has 9 heavy (non-hydrogen) atoms. The Morgan fingerprint density at radius 1 is 1.56 bits per heavy atom. The van der Waals surface area contributed by atoms with Gasteiger partial charge < -0.3 is 5.32 Å². The monoisotopic (exact) mass is 154 g/mol. The van der Waals surface area contributed by atoms with Crippen molar-refractivity contribution in [2.45, 2.75) is 13.3 Å². The third kappa shape index (κ3) is 72.8. The molecule has 0 radical (unpaired) electrons. The van der Waals surface area contributed by atoms with Crippen molar-refractivity contribution in [2.24, 2.45) is 0 Å². The molecule has 0 aromatic rings. The molecule has 0 fully saturated rings. The van der Waals surface area contributed by atoms with Gasteiger partial charge in [0.05, 0.1) is 0 Å². The highest BCUT2D eigenvalue weighted by Crippen LogP contribution is 1.98. The molecule has 5 heteroatoms. The van der Waals surface area contributed by atoms with Crippen LogP contribution >= 0.6 is 8.25 Å². The molecular formula is C4H13NO3P+. The Labute approximate surface area is 55.9 Å². The van der Waals surface area contributed by atoms with Gasteiger partial charge in [-0.05, 0) is 20.0 Å². The Bertz CT molecular complexity index is 62.8. The average molecular weight is 154 g/mol. The second-order valence-corrected chi connectivity index (χ2v) is 1.86. The lowest BCUT2D eigenvalue weighted by Crippen LogP contribution is -2.04. The third-order valence-corrected chi connectivity index (χ3v) is 0.500. The number of hydrogen-bond acceptors (Lipinski definition) is 2. The van der Waals surface area contributed by atoms with Crippen LogP contribution in [0.5, 0.6) is 0 Å². The van der Waals surface area contributed by atoms with Gasteiger partial charge in [0.25, 0.3) is 0 Å². The number of hydrogen-bond donors (Lipinski definition) is 3. The zero-order valence-electron chi connectivity index (χ0n) is 5.66. The normalized spacial score (nSPS) is 7.56. The van der Waals surface area contributed by atoms with Crippen LogP contribution in [-0.2, 0) is 4.57 Å². The van der Waals surface area contributed by atoms with Crippen molar-refractivity contribution in [3.05, 3.63) is 0 Å². The lowest BCUT2D eigenvalue weighted by atomic mass is 10.5. The van der Waals surface area contributed by atoms with Crippen LogP contribution in [0.3, 0.4) is 0 Å². The van der Waals surface area contributed by atoms with Gasteiger partial charge in [-0.15, -0.1) is 9.79 Å². The van der Waals surface area contributed by atoms with E-state index in [-0.39, 0.29) is 0 Å². The summed E-state index contributed by atoms with van der Waals surface area (Å²) in [4.78, 5) is 14.2. The van der Waals surface area contributed by atoms with E-state index < -0.39 is 8.25 Å². The first-order valence-electron chi connectivity index (χ1n) is 2.64. The van der Waals surface area contributed by atoms with E-state index in [2.05, 4.69) is 12.2 Å². The Morgan fingerprint density at radius 3 is 1.89 bits per heavy atom. The van der Waals surface area contributed by atoms with Crippen LogP contribution in [0.15, 0.2) is 0 Å². The van der Waals surface area contributed by atoms with Crippen molar-refractivity contribution in [1.29, 1.82) is 0 Å². The molecule has 3 N–H and O–H groups in total. The van der Waals surface area contributed by atoms with E-state index in [1.54, 1.807) is 0 Å². The summed E-state index contributed by atoms with van der Waals surface area (Å²) in [7, 11) is -0.909. The minimum atomic E-state index is -2.87. The molecule has 0 atom stereocenters. The first kappa shape index (κ1) is 11.7. The minimum absolute atomic E-state index is 1.14. The molecule has 0 spiro atoms. The van der Waals surface area contributed by atoms with Crippen LogP contribution in [0.25, 0.3) is 0 Å². The van der Waals surface area contributed by atoms with E-state index in [0.717, 1.165) is 6.54 Å². The zero-order valence-corrected chi connectivity index (χ0v) is 6.56. The van der Waals surface area contributed by atoms with E-state index in [1.165, 1.54) is 6.42 Å². The first-order valence-corrected chi connectivity index (χ1v) is 3.81. The molecule has 0 aliphatic rings. The molecule has 0 bridgehead atoms. The first-order chi connectivity index (χ1) is 4.15. The van der Waals surface area contributed by atoms with Crippen LogP contribution in [-0.4, -0.2) is 23.4 Å². The topological polar surface area (TPSA) is 69.6 Å². The highest BCUT2D eigenvalue weighted by molar-refractivity contribution is 7.30. The molecule has 4 nitrogen and oxygen atoms in total. The quantitative estimate of drug-likeness (QED) is 0.498. The van der Waals surface area contributed by atoms with Gasteiger partial charge in [-0.3, -0.25) is 0 Å². The second-order valence-electron chi connectivity index (χ2n) is 1.36. The van der Waals surface area contributed by atoms with E-state index in [1.807, 2.05) is 7.05 Å².